The van der Waals surface area contributed by atoms with Crippen LogP contribution in [0.15, 0.2) is 6.33 Å². The Kier molecular flexibility index (Phi) is 3.51. The molecule has 3 heterocycles. The Bertz CT molecular complexity index is 655. The third-order valence-corrected chi connectivity index (χ3v) is 3.53. The average Bonchev–Trinajstić information content (AvgIpc) is 2.93. The number of hydrogen-bond donors (Lipinski definition) is 2. The van der Waals surface area contributed by atoms with Gasteiger partial charge in [0.25, 0.3) is 0 Å². The molecule has 0 radical (unpaired) electrons. The number of rotatable bonds is 2. The van der Waals surface area contributed by atoms with Gasteiger partial charge in [-0.1, -0.05) is 11.6 Å². The second-order valence-corrected chi connectivity index (χ2v) is 4.99. The molecule has 20 heavy (non-hydrogen) atoms. The molecule has 1 fully saturated rings. The van der Waals surface area contributed by atoms with Gasteiger partial charge in [0.1, 0.15) is 17.7 Å². The summed E-state index contributed by atoms with van der Waals surface area (Å²) in [7, 11) is 0. The number of aromatic nitrogens is 4. The van der Waals surface area contributed by atoms with Crippen molar-refractivity contribution in [1.29, 1.82) is 0 Å². The van der Waals surface area contributed by atoms with Crippen LogP contribution in [-0.2, 0) is 4.74 Å². The number of imidazole rings is 1. The molecule has 0 saturated carbocycles. The van der Waals surface area contributed by atoms with Crippen LogP contribution in [0.4, 0.5) is 4.39 Å². The van der Waals surface area contributed by atoms with Gasteiger partial charge in [0.15, 0.2) is 23.2 Å². The third-order valence-electron chi connectivity index (χ3n) is 3.10. The van der Waals surface area contributed by atoms with E-state index in [9.17, 15) is 9.50 Å². The van der Waals surface area contributed by atoms with Crippen LogP contribution in [-0.4, -0.2) is 54.7 Å². The van der Waals surface area contributed by atoms with Gasteiger partial charge in [0.2, 0.25) is 5.28 Å². The number of halogens is 3. The predicted octanol–water partition coefficient (Wildman–Crippen LogP) is 0.722. The maximum absolute atomic E-state index is 14.1. The number of hydrogen-bond acceptors (Lipinski definition) is 6. The van der Waals surface area contributed by atoms with Crippen molar-refractivity contribution in [3.05, 3.63) is 16.8 Å². The number of aliphatic hydroxyl groups excluding tert-OH is 2. The maximum atomic E-state index is 14.1. The van der Waals surface area contributed by atoms with Crippen LogP contribution in [0, 0.1) is 0 Å². The standard InChI is InChI=1S/C10H9Cl2FN4O3/c11-7-5-8(16-10(12)15-7)17(2-14-5)9-4(13)6(19)3(1-18)20-9/h2-4,6,9,18-19H,1H2. The van der Waals surface area contributed by atoms with E-state index in [1.807, 2.05) is 0 Å². The second kappa shape index (κ2) is 5.05. The van der Waals surface area contributed by atoms with Crippen molar-refractivity contribution in [3.63, 3.8) is 0 Å². The quantitative estimate of drug-likeness (QED) is 0.625. The number of nitrogens with zero attached hydrogens (tertiary/aromatic N) is 4. The minimum absolute atomic E-state index is 0.0337. The predicted molar refractivity (Wildman–Crippen MR) is 67.2 cm³/mol. The van der Waals surface area contributed by atoms with E-state index in [1.54, 1.807) is 0 Å². The lowest BCUT2D eigenvalue weighted by atomic mass is 10.1. The van der Waals surface area contributed by atoms with Gasteiger partial charge in [0.05, 0.1) is 12.9 Å². The maximum Gasteiger partial charge on any atom is 0.225 e. The van der Waals surface area contributed by atoms with E-state index in [0.29, 0.717) is 0 Å². The zero-order chi connectivity index (χ0) is 14.4. The summed E-state index contributed by atoms with van der Waals surface area (Å²) in [5, 5.41) is 18.6. The lowest BCUT2D eigenvalue weighted by Crippen LogP contribution is -2.30. The SMILES string of the molecule is OCC1OC(n2cnc3c(Cl)nc(Cl)nc32)C(F)C1O. The Hall–Kier alpha value is -1.06. The van der Waals surface area contributed by atoms with Gasteiger partial charge in [-0.2, -0.15) is 4.98 Å². The van der Waals surface area contributed by atoms with Crippen molar-refractivity contribution in [2.45, 2.75) is 24.6 Å². The van der Waals surface area contributed by atoms with Gasteiger partial charge in [-0.25, -0.2) is 14.4 Å². The summed E-state index contributed by atoms with van der Waals surface area (Å²) >= 11 is 11.6. The summed E-state index contributed by atoms with van der Waals surface area (Å²) in [6.45, 7) is -0.499. The highest BCUT2D eigenvalue weighted by molar-refractivity contribution is 6.35. The molecule has 108 valence electrons. The summed E-state index contributed by atoms with van der Waals surface area (Å²) in [4.78, 5) is 11.6. The largest absolute Gasteiger partial charge is 0.394 e. The summed E-state index contributed by atoms with van der Waals surface area (Å²) in [6, 6.07) is 0. The van der Waals surface area contributed by atoms with Crippen molar-refractivity contribution in [1.82, 2.24) is 19.5 Å². The molecule has 4 unspecified atom stereocenters. The molecule has 0 aliphatic carbocycles. The van der Waals surface area contributed by atoms with E-state index in [1.165, 1.54) is 10.9 Å². The number of fused-ring (bicyclic) bond motifs is 1. The molecule has 4 atom stereocenters. The first-order valence-corrected chi connectivity index (χ1v) is 6.42. The summed E-state index contributed by atoms with van der Waals surface area (Å²) in [5.41, 5.74) is 0.433. The van der Waals surface area contributed by atoms with Crippen molar-refractivity contribution in [2.24, 2.45) is 0 Å². The van der Waals surface area contributed by atoms with Gasteiger partial charge < -0.3 is 14.9 Å². The number of ether oxygens (including phenoxy) is 1. The lowest BCUT2D eigenvalue weighted by molar-refractivity contribution is -0.0459. The zero-order valence-electron chi connectivity index (χ0n) is 9.82. The van der Waals surface area contributed by atoms with Crippen molar-refractivity contribution >= 4 is 34.4 Å². The molecular weight excluding hydrogens is 314 g/mol. The van der Waals surface area contributed by atoms with Gasteiger partial charge in [0, 0.05) is 0 Å². The van der Waals surface area contributed by atoms with Crippen LogP contribution in [0.5, 0.6) is 0 Å². The van der Waals surface area contributed by atoms with Crippen molar-refractivity contribution < 1.29 is 19.3 Å². The smallest absolute Gasteiger partial charge is 0.225 e. The van der Waals surface area contributed by atoms with Gasteiger partial charge in [-0.15, -0.1) is 0 Å². The first-order valence-electron chi connectivity index (χ1n) is 5.67. The average molecular weight is 323 g/mol. The topological polar surface area (TPSA) is 93.3 Å². The van der Waals surface area contributed by atoms with E-state index in [-0.39, 0.29) is 21.6 Å². The molecule has 2 aromatic heterocycles. The minimum Gasteiger partial charge on any atom is -0.394 e. The zero-order valence-corrected chi connectivity index (χ0v) is 11.3. The molecular formula is C10H9Cl2FN4O3. The highest BCUT2D eigenvalue weighted by Crippen LogP contribution is 2.34. The molecule has 0 amide bonds. The van der Waals surface area contributed by atoms with E-state index < -0.39 is 31.2 Å². The van der Waals surface area contributed by atoms with Gasteiger partial charge >= 0.3 is 0 Å². The van der Waals surface area contributed by atoms with Crippen LogP contribution < -0.4 is 0 Å². The Balaban J connectivity index is 2.07. The van der Waals surface area contributed by atoms with Gasteiger partial charge in [-0.3, -0.25) is 4.57 Å². The van der Waals surface area contributed by atoms with Crippen LogP contribution in [0.3, 0.4) is 0 Å². The van der Waals surface area contributed by atoms with Crippen LogP contribution in [0.25, 0.3) is 11.2 Å². The van der Waals surface area contributed by atoms with Crippen LogP contribution in [0.2, 0.25) is 10.4 Å². The molecule has 1 aliphatic heterocycles. The van der Waals surface area contributed by atoms with E-state index in [0.717, 1.165) is 0 Å². The minimum atomic E-state index is -1.74. The summed E-state index contributed by atoms with van der Waals surface area (Å²) < 4.78 is 20.6. The molecule has 0 bridgehead atoms. The van der Waals surface area contributed by atoms with E-state index >= 15 is 0 Å². The molecule has 0 spiro atoms. The molecule has 10 heteroatoms. The Morgan fingerprint density at radius 3 is 2.80 bits per heavy atom. The van der Waals surface area contributed by atoms with Crippen LogP contribution >= 0.6 is 23.2 Å². The van der Waals surface area contributed by atoms with Gasteiger partial charge in [-0.05, 0) is 11.6 Å². The van der Waals surface area contributed by atoms with Crippen molar-refractivity contribution in [3.8, 4) is 0 Å². The molecule has 1 aliphatic rings. The number of aliphatic hydroxyl groups is 2. The normalized spacial score (nSPS) is 30.2. The fourth-order valence-electron chi connectivity index (χ4n) is 2.12. The lowest BCUT2D eigenvalue weighted by Gasteiger charge is -2.14. The first kappa shape index (κ1) is 13.9. The molecule has 0 aromatic carbocycles. The summed E-state index contributed by atoms with van der Waals surface area (Å²) in [6.07, 6.45) is -4.09. The fraction of sp³-hybridized carbons (Fsp3) is 0.500. The summed E-state index contributed by atoms with van der Waals surface area (Å²) in [5.74, 6) is 0. The highest BCUT2D eigenvalue weighted by atomic mass is 35.5. The highest BCUT2D eigenvalue weighted by Gasteiger charge is 2.45. The molecule has 1 saturated heterocycles. The molecule has 3 rings (SSSR count). The monoisotopic (exact) mass is 322 g/mol. The molecule has 2 N–H and O–H groups in total. The number of alkyl halides is 1. The Morgan fingerprint density at radius 1 is 1.40 bits per heavy atom. The first-order chi connectivity index (χ1) is 9.52. The second-order valence-electron chi connectivity index (χ2n) is 4.29. The Labute approximate surface area is 121 Å². The fourth-order valence-corrected chi connectivity index (χ4v) is 2.54. The van der Waals surface area contributed by atoms with E-state index in [4.69, 9.17) is 33.0 Å². The third kappa shape index (κ3) is 2.04. The van der Waals surface area contributed by atoms with E-state index in [2.05, 4.69) is 15.0 Å². The molecule has 7 nitrogen and oxygen atoms in total. The van der Waals surface area contributed by atoms with Crippen LogP contribution in [0.1, 0.15) is 6.23 Å². The van der Waals surface area contributed by atoms with Crippen molar-refractivity contribution in [2.75, 3.05) is 6.61 Å². The molecule has 2 aromatic rings. The Morgan fingerprint density at radius 2 is 2.15 bits per heavy atom.